The third-order valence-electron chi connectivity index (χ3n) is 10.4. The molecule has 0 aromatic rings. The van der Waals surface area contributed by atoms with Gasteiger partial charge in [0.25, 0.3) is 0 Å². The van der Waals surface area contributed by atoms with Gasteiger partial charge in [-0.3, -0.25) is 18.6 Å². The summed E-state index contributed by atoms with van der Waals surface area (Å²) in [6.45, 7) is 2.21. The van der Waals surface area contributed by atoms with Crippen molar-refractivity contribution in [2.75, 3.05) is 26.4 Å². The van der Waals surface area contributed by atoms with Crippen molar-refractivity contribution in [2.24, 2.45) is 0 Å². The number of carbonyl (C=O) groups excluding carboxylic acids is 2. The number of phosphoric acid groups is 1. The molecule has 1 unspecified atom stereocenters. The normalized spacial score (nSPS) is 14.3. The molecule has 0 fully saturated rings. The molecule has 0 amide bonds. The summed E-state index contributed by atoms with van der Waals surface area (Å²) in [5, 5.41) is 18.4. The summed E-state index contributed by atoms with van der Waals surface area (Å²) in [7, 11) is -4.64. The third-order valence-corrected chi connectivity index (χ3v) is 11.3. The number of allylic oxidation sites excluding steroid dienone is 12. The van der Waals surface area contributed by atoms with Gasteiger partial charge in [-0.25, -0.2) is 4.57 Å². The van der Waals surface area contributed by atoms with Crippen molar-refractivity contribution in [1.82, 2.24) is 0 Å². The number of carbonyl (C=O) groups is 2. The first kappa shape index (κ1) is 60.4. The van der Waals surface area contributed by atoms with Gasteiger partial charge in [0.15, 0.2) is 6.10 Å². The van der Waals surface area contributed by atoms with Crippen LogP contribution >= 0.6 is 7.82 Å². The van der Waals surface area contributed by atoms with Gasteiger partial charge in [-0.1, -0.05) is 215 Å². The Kier molecular flexibility index (Phi) is 45.4. The van der Waals surface area contributed by atoms with Crippen LogP contribution in [-0.2, 0) is 32.7 Å². The topological polar surface area (TPSA) is 149 Å². The molecular formula is C52H91O10P. The molecular weight excluding hydrogens is 816 g/mol. The molecule has 63 heavy (non-hydrogen) atoms. The van der Waals surface area contributed by atoms with Gasteiger partial charge in [0.1, 0.15) is 12.7 Å². The number of aliphatic hydroxyl groups excluding tert-OH is 2. The lowest BCUT2D eigenvalue weighted by Gasteiger charge is -2.20. The lowest BCUT2D eigenvalue weighted by molar-refractivity contribution is -0.161. The Morgan fingerprint density at radius 1 is 0.492 bits per heavy atom. The first-order chi connectivity index (χ1) is 30.7. The second kappa shape index (κ2) is 47.4. The van der Waals surface area contributed by atoms with Gasteiger partial charge < -0.3 is 24.6 Å². The van der Waals surface area contributed by atoms with Crippen LogP contribution in [0.1, 0.15) is 206 Å². The van der Waals surface area contributed by atoms with Gasteiger partial charge in [-0.2, -0.15) is 0 Å². The van der Waals surface area contributed by atoms with E-state index in [0.717, 1.165) is 57.8 Å². The van der Waals surface area contributed by atoms with Crippen LogP contribution in [0.3, 0.4) is 0 Å². The van der Waals surface area contributed by atoms with Gasteiger partial charge >= 0.3 is 19.8 Å². The van der Waals surface area contributed by atoms with Gasteiger partial charge in [-0.05, 0) is 51.4 Å². The number of ether oxygens (including phenoxy) is 2. The summed E-state index contributed by atoms with van der Waals surface area (Å²) < 4.78 is 32.7. The fourth-order valence-corrected chi connectivity index (χ4v) is 7.40. The monoisotopic (exact) mass is 907 g/mol. The predicted molar refractivity (Wildman–Crippen MR) is 260 cm³/mol. The predicted octanol–water partition coefficient (Wildman–Crippen LogP) is 14.0. The number of aliphatic hydroxyl groups is 2. The van der Waals surface area contributed by atoms with Crippen LogP contribution in [0, 0.1) is 0 Å². The van der Waals surface area contributed by atoms with E-state index in [2.05, 4.69) is 74.6 Å². The molecule has 0 aromatic carbocycles. The molecule has 3 atom stereocenters. The van der Waals surface area contributed by atoms with Crippen LogP contribution in [0.25, 0.3) is 0 Å². The van der Waals surface area contributed by atoms with Gasteiger partial charge in [-0.15, -0.1) is 0 Å². The molecule has 0 radical (unpaired) electrons. The zero-order valence-electron chi connectivity index (χ0n) is 39.8. The van der Waals surface area contributed by atoms with Crippen molar-refractivity contribution in [3.8, 4) is 0 Å². The van der Waals surface area contributed by atoms with E-state index in [1.54, 1.807) is 0 Å². The van der Waals surface area contributed by atoms with Crippen LogP contribution in [0.15, 0.2) is 72.9 Å². The van der Waals surface area contributed by atoms with Crippen LogP contribution in [0.5, 0.6) is 0 Å². The van der Waals surface area contributed by atoms with E-state index in [4.69, 9.17) is 23.6 Å². The molecule has 0 bridgehead atoms. The Bertz CT molecular complexity index is 1270. The summed E-state index contributed by atoms with van der Waals surface area (Å²) >= 11 is 0. The zero-order valence-corrected chi connectivity index (χ0v) is 40.7. The molecule has 0 spiro atoms. The van der Waals surface area contributed by atoms with Crippen molar-refractivity contribution < 1.29 is 47.8 Å². The lowest BCUT2D eigenvalue weighted by atomic mass is 10.0. The average molecular weight is 907 g/mol. The SMILES string of the molecule is CC/C=C/C/C=C/C/C=C/C/C=C/C/C=C/C/C=C/CCC(=O)O[C@H](COC(=O)CCCCCCCCCCCCCCCCCCCCCCC)COP(=O)(O)OC[C@@H](O)CO. The smallest absolute Gasteiger partial charge is 0.462 e. The van der Waals surface area contributed by atoms with Crippen molar-refractivity contribution >= 4 is 19.8 Å². The highest BCUT2D eigenvalue weighted by atomic mass is 31.2. The number of hydrogen-bond donors (Lipinski definition) is 3. The second-order valence-electron chi connectivity index (χ2n) is 16.5. The Balaban J connectivity index is 4.29. The summed E-state index contributed by atoms with van der Waals surface area (Å²) in [5.41, 5.74) is 0. The fourth-order valence-electron chi connectivity index (χ4n) is 6.61. The van der Waals surface area contributed by atoms with Crippen LogP contribution < -0.4 is 0 Å². The summed E-state index contributed by atoms with van der Waals surface area (Å²) in [6, 6.07) is 0. The molecule has 10 nitrogen and oxygen atoms in total. The van der Waals surface area contributed by atoms with Crippen molar-refractivity contribution in [3.05, 3.63) is 72.9 Å². The van der Waals surface area contributed by atoms with E-state index in [1.807, 2.05) is 12.2 Å². The standard InChI is InChI=1S/C52H91O10P/c1-3-5-7-9-11-13-15-17-19-21-23-24-26-27-29-31-33-35-37-39-41-43-51(55)59-47-50(48-61-63(57,58)60-46-49(54)45-53)62-52(56)44-42-40-38-36-34-32-30-28-25-22-20-18-16-14-12-10-8-6-4-2/h6,8,12,14,18,20,25,28,32,34,38,40,49-50,53-54H,3-5,7,9-11,13,15-17,19,21-24,26-27,29-31,33,35-37,39,41-48H2,1-2H3,(H,57,58)/b8-6+,14-12+,20-18+,28-25+,34-32+,40-38+/t49-,50+/m0/s1. The third kappa shape index (κ3) is 47.2. The Labute approximate surface area is 384 Å². The van der Waals surface area contributed by atoms with Crippen molar-refractivity contribution in [3.63, 3.8) is 0 Å². The number of esters is 2. The molecule has 0 aromatic heterocycles. The number of rotatable bonds is 46. The van der Waals surface area contributed by atoms with Crippen LogP contribution in [0.4, 0.5) is 0 Å². The first-order valence-electron chi connectivity index (χ1n) is 24.9. The van der Waals surface area contributed by atoms with Crippen molar-refractivity contribution in [2.45, 2.75) is 219 Å². The molecule has 0 heterocycles. The molecule has 0 saturated heterocycles. The van der Waals surface area contributed by atoms with E-state index < -0.39 is 51.8 Å². The first-order valence-corrected chi connectivity index (χ1v) is 26.4. The number of hydrogen-bond acceptors (Lipinski definition) is 9. The minimum absolute atomic E-state index is 0.0576. The quantitative estimate of drug-likeness (QED) is 0.0233. The van der Waals surface area contributed by atoms with Gasteiger partial charge in [0, 0.05) is 12.8 Å². The Hall–Kier alpha value is -2.59. The molecule has 11 heteroatoms. The highest BCUT2D eigenvalue weighted by molar-refractivity contribution is 7.47. The molecule has 0 aliphatic heterocycles. The molecule has 0 saturated carbocycles. The van der Waals surface area contributed by atoms with Crippen molar-refractivity contribution in [1.29, 1.82) is 0 Å². The fraction of sp³-hybridized carbons (Fsp3) is 0.731. The zero-order chi connectivity index (χ0) is 46.2. The molecule has 3 N–H and O–H groups in total. The molecule has 364 valence electrons. The van der Waals surface area contributed by atoms with Gasteiger partial charge in [0.05, 0.1) is 19.8 Å². The van der Waals surface area contributed by atoms with Crippen LogP contribution in [0.2, 0.25) is 0 Å². The second-order valence-corrected chi connectivity index (χ2v) is 17.9. The number of phosphoric ester groups is 1. The molecule has 0 aliphatic carbocycles. The summed E-state index contributed by atoms with van der Waals surface area (Å²) in [6.07, 6.45) is 56.0. The molecule has 0 aliphatic rings. The van der Waals surface area contributed by atoms with Gasteiger partial charge in [0.2, 0.25) is 0 Å². The minimum Gasteiger partial charge on any atom is -0.462 e. The van der Waals surface area contributed by atoms with E-state index in [0.29, 0.717) is 12.8 Å². The largest absolute Gasteiger partial charge is 0.472 e. The minimum atomic E-state index is -4.64. The maximum Gasteiger partial charge on any atom is 0.472 e. The van der Waals surface area contributed by atoms with Crippen LogP contribution in [-0.4, -0.2) is 65.7 Å². The van der Waals surface area contributed by atoms with E-state index in [1.165, 1.54) is 109 Å². The summed E-state index contributed by atoms with van der Waals surface area (Å²) in [4.78, 5) is 35.1. The van der Waals surface area contributed by atoms with E-state index >= 15 is 0 Å². The Morgan fingerprint density at radius 3 is 1.29 bits per heavy atom. The average Bonchev–Trinajstić information content (AvgIpc) is 3.27. The maximum absolute atomic E-state index is 12.6. The van der Waals surface area contributed by atoms with E-state index in [9.17, 15) is 24.2 Å². The highest BCUT2D eigenvalue weighted by Crippen LogP contribution is 2.43. The van der Waals surface area contributed by atoms with E-state index in [-0.39, 0.29) is 19.4 Å². The maximum atomic E-state index is 12.6. The molecule has 0 rings (SSSR count). The highest BCUT2D eigenvalue weighted by Gasteiger charge is 2.27. The number of unbranched alkanes of at least 4 members (excludes halogenated alkanes) is 20. The summed E-state index contributed by atoms with van der Waals surface area (Å²) in [5.74, 6) is -1.02. The Morgan fingerprint density at radius 2 is 0.873 bits per heavy atom. The lowest BCUT2D eigenvalue weighted by Crippen LogP contribution is -2.29.